The molecular formula is C23H20Cl2N4O3. The normalized spacial score (nSPS) is 19.8. The predicted octanol–water partition coefficient (Wildman–Crippen LogP) is 5.02. The molecule has 32 heavy (non-hydrogen) atoms. The van der Waals surface area contributed by atoms with Gasteiger partial charge in [-0.2, -0.15) is 10.1 Å². The Hall–Kier alpha value is -3.03. The Balaban J connectivity index is 1.56. The van der Waals surface area contributed by atoms with E-state index in [2.05, 4.69) is 15.4 Å². The van der Waals surface area contributed by atoms with E-state index in [9.17, 15) is 4.79 Å². The van der Waals surface area contributed by atoms with Crippen molar-refractivity contribution in [1.82, 2.24) is 14.8 Å². The number of hydrogen-bond donors (Lipinski definition) is 1. The molecule has 1 aliphatic carbocycles. The second kappa shape index (κ2) is 8.15. The van der Waals surface area contributed by atoms with Crippen LogP contribution in [0.1, 0.15) is 35.9 Å². The highest BCUT2D eigenvalue weighted by Gasteiger charge is 2.39. The number of allylic oxidation sites excluding steroid dienone is 2. The molecule has 1 aliphatic heterocycles. The lowest BCUT2D eigenvalue weighted by Crippen LogP contribution is -2.33. The number of fused-ring (bicyclic) bond motifs is 1. The van der Waals surface area contributed by atoms with Gasteiger partial charge in [0.15, 0.2) is 17.3 Å². The van der Waals surface area contributed by atoms with Crippen LogP contribution >= 0.6 is 23.2 Å². The van der Waals surface area contributed by atoms with Crippen LogP contribution in [0.15, 0.2) is 54.0 Å². The van der Waals surface area contributed by atoms with Crippen molar-refractivity contribution in [3.8, 4) is 11.5 Å². The molecule has 0 spiro atoms. The first-order valence-corrected chi connectivity index (χ1v) is 10.9. The number of aromatic nitrogens is 3. The summed E-state index contributed by atoms with van der Waals surface area (Å²) in [4.78, 5) is 17.8. The average Bonchev–Trinajstić information content (AvgIpc) is 3.27. The minimum atomic E-state index is -0.419. The van der Waals surface area contributed by atoms with Crippen molar-refractivity contribution in [2.24, 2.45) is 0 Å². The first-order chi connectivity index (χ1) is 15.5. The van der Waals surface area contributed by atoms with Crippen LogP contribution in [0.5, 0.6) is 11.5 Å². The Bertz CT molecular complexity index is 1250. The number of rotatable bonds is 4. The standard InChI is InChI=1S/C23H20Cl2N4O3/c1-31-19-6-4-12(10-20(19)32-2)14-8-17-21(18(30)9-14)22(29-23(28-17)26-11-27-29)13-3-5-15(24)16(25)7-13/h3-7,10-11,14,22H,8-9H2,1-2H3,(H,26,27,28)/t14-,22-/m1/s1. The number of nitrogens with zero attached hydrogens (tertiary/aromatic N) is 3. The monoisotopic (exact) mass is 470 g/mol. The fraction of sp³-hybridized carbons (Fsp3) is 0.261. The number of halogens is 2. The van der Waals surface area contributed by atoms with Gasteiger partial charge in [-0.3, -0.25) is 4.79 Å². The fourth-order valence-corrected chi connectivity index (χ4v) is 4.79. The number of hydrogen-bond acceptors (Lipinski definition) is 6. The van der Waals surface area contributed by atoms with E-state index in [0.29, 0.717) is 45.9 Å². The zero-order valence-corrected chi connectivity index (χ0v) is 18.9. The molecule has 5 rings (SSSR count). The molecule has 9 heteroatoms. The van der Waals surface area contributed by atoms with E-state index in [1.165, 1.54) is 6.33 Å². The summed E-state index contributed by atoms with van der Waals surface area (Å²) in [5.41, 5.74) is 3.37. The predicted molar refractivity (Wildman–Crippen MR) is 122 cm³/mol. The van der Waals surface area contributed by atoms with Crippen molar-refractivity contribution in [3.63, 3.8) is 0 Å². The molecule has 0 saturated heterocycles. The van der Waals surface area contributed by atoms with Crippen molar-refractivity contribution in [2.45, 2.75) is 24.8 Å². The van der Waals surface area contributed by atoms with Gasteiger partial charge in [0.25, 0.3) is 0 Å². The molecular weight excluding hydrogens is 451 g/mol. The summed E-state index contributed by atoms with van der Waals surface area (Å²) in [6, 6.07) is 10.7. The molecule has 0 amide bonds. The topological polar surface area (TPSA) is 78.3 Å². The maximum atomic E-state index is 13.5. The lowest BCUT2D eigenvalue weighted by atomic mass is 9.78. The second-order valence-electron chi connectivity index (χ2n) is 7.76. The van der Waals surface area contributed by atoms with E-state index in [4.69, 9.17) is 32.7 Å². The zero-order chi connectivity index (χ0) is 22.4. The van der Waals surface area contributed by atoms with Gasteiger partial charge in [0.2, 0.25) is 5.95 Å². The lowest BCUT2D eigenvalue weighted by molar-refractivity contribution is -0.116. The highest BCUT2D eigenvalue weighted by atomic mass is 35.5. The van der Waals surface area contributed by atoms with Gasteiger partial charge in [0, 0.05) is 17.7 Å². The largest absolute Gasteiger partial charge is 0.493 e. The van der Waals surface area contributed by atoms with Gasteiger partial charge in [-0.15, -0.1) is 0 Å². The Morgan fingerprint density at radius 2 is 1.78 bits per heavy atom. The zero-order valence-electron chi connectivity index (χ0n) is 17.4. The summed E-state index contributed by atoms with van der Waals surface area (Å²) < 4.78 is 12.5. The minimum Gasteiger partial charge on any atom is -0.493 e. The molecule has 3 aromatic rings. The van der Waals surface area contributed by atoms with Crippen molar-refractivity contribution in [1.29, 1.82) is 0 Å². The molecule has 164 valence electrons. The number of benzene rings is 2. The number of carbonyl (C=O) groups is 1. The number of carbonyl (C=O) groups excluding carboxylic acids is 1. The molecule has 7 nitrogen and oxygen atoms in total. The van der Waals surface area contributed by atoms with E-state index in [1.807, 2.05) is 24.3 Å². The SMILES string of the molecule is COc1ccc([C@H]2CC(=O)C3=C(C2)Nc2ncnn2[C@@H]3c2ccc(Cl)c(Cl)c2)cc1OC. The summed E-state index contributed by atoms with van der Waals surface area (Å²) in [5.74, 6) is 1.93. The minimum absolute atomic E-state index is 0.00233. The summed E-state index contributed by atoms with van der Waals surface area (Å²) >= 11 is 12.4. The van der Waals surface area contributed by atoms with Crippen LogP contribution in [0, 0.1) is 0 Å². The van der Waals surface area contributed by atoms with Crippen LogP contribution in [0.3, 0.4) is 0 Å². The van der Waals surface area contributed by atoms with E-state index in [0.717, 1.165) is 16.8 Å². The molecule has 0 unspecified atom stereocenters. The number of ketones is 1. The lowest BCUT2D eigenvalue weighted by Gasteiger charge is -2.35. The molecule has 1 aromatic heterocycles. The Kier molecular flexibility index (Phi) is 5.31. The van der Waals surface area contributed by atoms with Crippen molar-refractivity contribution in [2.75, 3.05) is 19.5 Å². The molecule has 1 N–H and O–H groups in total. The third-order valence-corrected chi connectivity index (χ3v) is 6.74. The fourth-order valence-electron chi connectivity index (χ4n) is 4.48. The number of anilines is 1. The molecule has 2 aliphatic rings. The van der Waals surface area contributed by atoms with E-state index >= 15 is 0 Å². The summed E-state index contributed by atoms with van der Waals surface area (Å²) in [6.07, 6.45) is 2.50. The van der Waals surface area contributed by atoms with Gasteiger partial charge in [0.05, 0.1) is 24.3 Å². The smallest absolute Gasteiger partial charge is 0.226 e. The Morgan fingerprint density at radius 3 is 2.53 bits per heavy atom. The summed E-state index contributed by atoms with van der Waals surface area (Å²) in [6.45, 7) is 0. The second-order valence-corrected chi connectivity index (χ2v) is 8.58. The number of nitrogens with one attached hydrogen (secondary N) is 1. The van der Waals surface area contributed by atoms with Crippen LogP contribution in [-0.4, -0.2) is 34.8 Å². The Morgan fingerprint density at radius 1 is 1.00 bits per heavy atom. The van der Waals surface area contributed by atoms with Crippen LogP contribution in [-0.2, 0) is 4.79 Å². The van der Waals surface area contributed by atoms with E-state index in [-0.39, 0.29) is 11.7 Å². The highest BCUT2D eigenvalue weighted by molar-refractivity contribution is 6.42. The maximum absolute atomic E-state index is 13.5. The van der Waals surface area contributed by atoms with E-state index in [1.54, 1.807) is 31.0 Å². The highest BCUT2D eigenvalue weighted by Crippen LogP contribution is 2.45. The third kappa shape index (κ3) is 3.42. The first kappa shape index (κ1) is 20.8. The molecule has 0 fully saturated rings. The van der Waals surface area contributed by atoms with Gasteiger partial charge < -0.3 is 14.8 Å². The van der Waals surface area contributed by atoms with Crippen molar-refractivity contribution >= 4 is 34.9 Å². The van der Waals surface area contributed by atoms with Gasteiger partial charge in [-0.25, -0.2) is 4.68 Å². The van der Waals surface area contributed by atoms with Crippen LogP contribution < -0.4 is 14.8 Å². The molecule has 0 bridgehead atoms. The van der Waals surface area contributed by atoms with Crippen molar-refractivity contribution < 1.29 is 14.3 Å². The number of methoxy groups -OCH3 is 2. The molecule has 2 aromatic carbocycles. The van der Waals surface area contributed by atoms with E-state index < -0.39 is 6.04 Å². The van der Waals surface area contributed by atoms with Gasteiger partial charge in [-0.05, 0) is 47.7 Å². The molecule has 0 radical (unpaired) electrons. The van der Waals surface area contributed by atoms with Gasteiger partial charge in [-0.1, -0.05) is 35.3 Å². The van der Waals surface area contributed by atoms with Crippen LogP contribution in [0.25, 0.3) is 0 Å². The maximum Gasteiger partial charge on any atom is 0.226 e. The quantitative estimate of drug-likeness (QED) is 0.576. The summed E-state index contributed by atoms with van der Waals surface area (Å²) in [7, 11) is 3.20. The van der Waals surface area contributed by atoms with Crippen LogP contribution in [0.2, 0.25) is 10.0 Å². The Labute approximate surface area is 195 Å². The molecule has 2 atom stereocenters. The molecule has 0 saturated carbocycles. The summed E-state index contributed by atoms with van der Waals surface area (Å²) in [5, 5.41) is 8.57. The molecule has 2 heterocycles. The van der Waals surface area contributed by atoms with Crippen LogP contribution in [0.4, 0.5) is 5.95 Å². The number of ether oxygens (including phenoxy) is 2. The first-order valence-electron chi connectivity index (χ1n) is 10.1. The number of Topliss-reactive ketones (excluding diaryl/α,β-unsaturated/α-hetero) is 1. The van der Waals surface area contributed by atoms with Gasteiger partial charge >= 0.3 is 0 Å². The third-order valence-electron chi connectivity index (χ3n) is 6.00. The van der Waals surface area contributed by atoms with Gasteiger partial charge in [0.1, 0.15) is 12.4 Å². The van der Waals surface area contributed by atoms with Crippen molar-refractivity contribution in [3.05, 3.63) is 75.2 Å². The average molecular weight is 471 g/mol.